The Morgan fingerprint density at radius 3 is 2.76 bits per heavy atom. The van der Waals surface area contributed by atoms with E-state index in [4.69, 9.17) is 4.42 Å². The van der Waals surface area contributed by atoms with Gasteiger partial charge in [0.05, 0.1) is 36.2 Å². The van der Waals surface area contributed by atoms with Gasteiger partial charge in [-0.1, -0.05) is 0 Å². The molecule has 0 spiro atoms. The molecule has 0 bridgehead atoms. The minimum absolute atomic E-state index is 0.525. The normalized spacial score (nSPS) is 12.4. The van der Waals surface area contributed by atoms with Crippen molar-refractivity contribution in [2.24, 2.45) is 0 Å². The first kappa shape index (κ1) is 11.7. The van der Waals surface area contributed by atoms with E-state index in [2.05, 4.69) is 9.88 Å². The van der Waals surface area contributed by atoms with Crippen LogP contribution in [0.1, 0.15) is 24.3 Å². The summed E-state index contributed by atoms with van der Waals surface area (Å²) < 4.78 is 5.03. The third-order valence-electron chi connectivity index (χ3n) is 2.64. The van der Waals surface area contributed by atoms with Crippen molar-refractivity contribution in [3.63, 3.8) is 0 Å². The lowest BCUT2D eigenvalue weighted by atomic mass is 10.2. The molecule has 0 aliphatic heterocycles. The molecule has 1 unspecified atom stereocenters. The second-order valence-electron chi connectivity index (χ2n) is 4.10. The lowest BCUT2D eigenvalue weighted by Gasteiger charge is -2.18. The Balaban J connectivity index is 2.06. The van der Waals surface area contributed by atoms with Gasteiger partial charge in [-0.2, -0.15) is 0 Å². The fourth-order valence-electron chi connectivity index (χ4n) is 1.62. The molecule has 0 fully saturated rings. The lowest BCUT2D eigenvalue weighted by Crippen LogP contribution is -2.16. The molecule has 2 aromatic heterocycles. The number of furan rings is 1. The van der Waals surface area contributed by atoms with Crippen molar-refractivity contribution in [2.75, 3.05) is 11.9 Å². The minimum atomic E-state index is -0.525. The molecule has 0 aromatic carbocycles. The number of hydrogen-bond acceptors (Lipinski definition) is 4. The molecule has 4 heteroatoms. The van der Waals surface area contributed by atoms with Gasteiger partial charge >= 0.3 is 0 Å². The highest BCUT2D eigenvalue weighted by Gasteiger charge is 2.06. The van der Waals surface area contributed by atoms with E-state index in [-0.39, 0.29) is 0 Å². The molecule has 2 heterocycles. The van der Waals surface area contributed by atoms with Crippen LogP contribution in [0.4, 0.5) is 5.69 Å². The molecule has 0 saturated carbocycles. The number of rotatable bonds is 4. The van der Waals surface area contributed by atoms with Crippen molar-refractivity contribution < 1.29 is 9.52 Å². The summed E-state index contributed by atoms with van der Waals surface area (Å²) in [5, 5.41) is 9.37. The number of aromatic nitrogens is 1. The molecule has 2 rings (SSSR count). The Morgan fingerprint density at radius 1 is 1.41 bits per heavy atom. The highest BCUT2D eigenvalue weighted by Crippen LogP contribution is 2.17. The summed E-state index contributed by atoms with van der Waals surface area (Å²) in [4.78, 5) is 6.29. The summed E-state index contributed by atoms with van der Waals surface area (Å²) in [6, 6.07) is 5.73. The Kier molecular flexibility index (Phi) is 3.44. The van der Waals surface area contributed by atoms with E-state index >= 15 is 0 Å². The van der Waals surface area contributed by atoms with Gasteiger partial charge in [-0.15, -0.1) is 0 Å². The van der Waals surface area contributed by atoms with E-state index in [1.807, 2.05) is 25.2 Å². The van der Waals surface area contributed by atoms with E-state index in [1.165, 1.54) is 0 Å². The summed E-state index contributed by atoms with van der Waals surface area (Å²) in [5.74, 6) is 0. The maximum Gasteiger partial charge on any atom is 0.0952 e. The van der Waals surface area contributed by atoms with Crippen LogP contribution in [0.15, 0.2) is 41.3 Å². The Hall–Kier alpha value is -1.81. The minimum Gasteiger partial charge on any atom is -0.472 e. The van der Waals surface area contributed by atoms with Crippen molar-refractivity contribution >= 4 is 5.69 Å². The van der Waals surface area contributed by atoms with E-state index < -0.39 is 6.10 Å². The third kappa shape index (κ3) is 2.85. The maximum atomic E-state index is 9.37. The molecule has 2 aromatic rings. The second-order valence-corrected chi connectivity index (χ2v) is 4.10. The van der Waals surface area contributed by atoms with Crippen LogP contribution in [0.3, 0.4) is 0 Å². The van der Waals surface area contributed by atoms with Crippen molar-refractivity contribution in [3.05, 3.63) is 48.2 Å². The van der Waals surface area contributed by atoms with E-state index in [0.29, 0.717) is 5.69 Å². The first-order chi connectivity index (χ1) is 8.16. The van der Waals surface area contributed by atoms with Gasteiger partial charge in [0.1, 0.15) is 0 Å². The summed E-state index contributed by atoms with van der Waals surface area (Å²) in [6.45, 7) is 2.48. The first-order valence-corrected chi connectivity index (χ1v) is 5.53. The van der Waals surface area contributed by atoms with E-state index in [0.717, 1.165) is 17.8 Å². The topological polar surface area (TPSA) is 49.5 Å². The quantitative estimate of drug-likeness (QED) is 0.879. The molecule has 0 radical (unpaired) electrons. The molecule has 0 aliphatic rings. The van der Waals surface area contributed by atoms with Gasteiger partial charge in [0.15, 0.2) is 0 Å². The van der Waals surface area contributed by atoms with Crippen molar-refractivity contribution in [1.82, 2.24) is 4.98 Å². The van der Waals surface area contributed by atoms with Crippen molar-refractivity contribution in [2.45, 2.75) is 19.6 Å². The average molecular weight is 232 g/mol. The van der Waals surface area contributed by atoms with Crippen LogP contribution in [0.25, 0.3) is 0 Å². The van der Waals surface area contributed by atoms with Crippen LogP contribution >= 0.6 is 0 Å². The van der Waals surface area contributed by atoms with E-state index in [1.54, 1.807) is 25.6 Å². The van der Waals surface area contributed by atoms with Crippen LogP contribution in [-0.2, 0) is 6.54 Å². The van der Waals surface area contributed by atoms with E-state index in [9.17, 15) is 5.11 Å². The number of hydrogen-bond donors (Lipinski definition) is 1. The zero-order valence-electron chi connectivity index (χ0n) is 10.00. The van der Waals surface area contributed by atoms with Gasteiger partial charge in [-0.25, -0.2) is 0 Å². The standard InChI is InChI=1S/C13H16N2O2/c1-10(16)13-4-3-12(7-14-13)15(2)8-11-5-6-17-9-11/h3-7,9-10,16H,8H2,1-2H3. The molecular weight excluding hydrogens is 216 g/mol. The van der Waals surface area contributed by atoms with Crippen LogP contribution in [0.2, 0.25) is 0 Å². The van der Waals surface area contributed by atoms with Gasteiger partial charge < -0.3 is 14.4 Å². The van der Waals surface area contributed by atoms with Crippen molar-refractivity contribution in [3.8, 4) is 0 Å². The zero-order chi connectivity index (χ0) is 12.3. The monoisotopic (exact) mass is 232 g/mol. The van der Waals surface area contributed by atoms with Crippen LogP contribution in [0.5, 0.6) is 0 Å². The van der Waals surface area contributed by atoms with Crippen LogP contribution < -0.4 is 4.90 Å². The number of pyridine rings is 1. The highest BCUT2D eigenvalue weighted by atomic mass is 16.3. The first-order valence-electron chi connectivity index (χ1n) is 5.53. The Labute approximate surface area is 101 Å². The maximum absolute atomic E-state index is 9.37. The molecule has 1 N–H and O–H groups in total. The molecule has 1 atom stereocenters. The van der Waals surface area contributed by atoms with Gasteiger partial charge in [0.2, 0.25) is 0 Å². The van der Waals surface area contributed by atoms with Gasteiger partial charge in [-0.05, 0) is 25.1 Å². The number of aliphatic hydroxyl groups is 1. The third-order valence-corrected chi connectivity index (χ3v) is 2.64. The van der Waals surface area contributed by atoms with Crippen LogP contribution in [0, 0.1) is 0 Å². The molecule has 4 nitrogen and oxygen atoms in total. The summed E-state index contributed by atoms with van der Waals surface area (Å²) in [7, 11) is 1.99. The van der Waals surface area contributed by atoms with Gasteiger partial charge in [0, 0.05) is 19.2 Å². The second kappa shape index (κ2) is 5.01. The summed E-state index contributed by atoms with van der Waals surface area (Å²) >= 11 is 0. The Morgan fingerprint density at radius 2 is 2.24 bits per heavy atom. The fraction of sp³-hybridized carbons (Fsp3) is 0.308. The molecular formula is C13H16N2O2. The predicted molar refractivity (Wildman–Crippen MR) is 65.7 cm³/mol. The SMILES string of the molecule is CC(O)c1ccc(N(C)Cc2ccoc2)cn1. The highest BCUT2D eigenvalue weighted by molar-refractivity contribution is 5.44. The molecule has 17 heavy (non-hydrogen) atoms. The number of anilines is 1. The average Bonchev–Trinajstić information content (AvgIpc) is 2.82. The van der Waals surface area contributed by atoms with Gasteiger partial charge in [-0.3, -0.25) is 4.98 Å². The summed E-state index contributed by atoms with van der Waals surface area (Å²) in [6.07, 6.45) is 4.64. The smallest absolute Gasteiger partial charge is 0.0952 e. The molecule has 0 aliphatic carbocycles. The summed E-state index contributed by atoms with van der Waals surface area (Å²) in [5.41, 5.74) is 2.81. The lowest BCUT2D eigenvalue weighted by molar-refractivity contribution is 0.194. The number of nitrogens with zero attached hydrogens (tertiary/aromatic N) is 2. The largest absolute Gasteiger partial charge is 0.472 e. The predicted octanol–water partition coefficient (Wildman–Crippen LogP) is 2.36. The van der Waals surface area contributed by atoms with Gasteiger partial charge in [0.25, 0.3) is 0 Å². The molecule has 0 saturated heterocycles. The number of aliphatic hydroxyl groups excluding tert-OH is 1. The zero-order valence-corrected chi connectivity index (χ0v) is 10.00. The van der Waals surface area contributed by atoms with Crippen LogP contribution in [-0.4, -0.2) is 17.1 Å². The Bertz CT molecular complexity index is 449. The molecule has 0 amide bonds. The molecule has 90 valence electrons. The van der Waals surface area contributed by atoms with Crippen molar-refractivity contribution in [1.29, 1.82) is 0 Å². The fourth-order valence-corrected chi connectivity index (χ4v) is 1.62.